The zero-order valence-corrected chi connectivity index (χ0v) is 13.9. The van der Waals surface area contributed by atoms with Crippen LogP contribution < -0.4 is 5.32 Å². The van der Waals surface area contributed by atoms with Crippen molar-refractivity contribution in [3.05, 3.63) is 23.7 Å². The maximum atomic E-state index is 5.70. The monoisotopic (exact) mass is 294 g/mol. The molecule has 0 radical (unpaired) electrons. The van der Waals surface area contributed by atoms with Crippen molar-refractivity contribution < 1.29 is 9.15 Å². The van der Waals surface area contributed by atoms with Crippen LogP contribution in [0.4, 0.5) is 0 Å². The number of likely N-dealkylation sites (tertiary alicyclic amines) is 1. The van der Waals surface area contributed by atoms with Gasteiger partial charge < -0.3 is 14.5 Å². The normalized spacial score (nSPS) is 23.9. The van der Waals surface area contributed by atoms with E-state index in [0.29, 0.717) is 17.9 Å². The predicted octanol–water partition coefficient (Wildman–Crippen LogP) is 2.88. The van der Waals surface area contributed by atoms with Gasteiger partial charge in [-0.1, -0.05) is 20.8 Å². The Labute approximate surface area is 128 Å². The zero-order chi connectivity index (χ0) is 15.2. The summed E-state index contributed by atoms with van der Waals surface area (Å²) in [5.41, 5.74) is 1.24. The second-order valence-corrected chi connectivity index (χ2v) is 6.72. The number of hydrogen-bond acceptors (Lipinski definition) is 4. The molecule has 4 heteroatoms. The first-order valence-electron chi connectivity index (χ1n) is 8.10. The number of rotatable bonds is 7. The summed E-state index contributed by atoms with van der Waals surface area (Å²) in [7, 11) is 1.82. The van der Waals surface area contributed by atoms with Gasteiger partial charge in [0.05, 0.1) is 18.9 Å². The van der Waals surface area contributed by atoms with Crippen LogP contribution in [0.3, 0.4) is 0 Å². The Morgan fingerprint density at radius 2 is 2.29 bits per heavy atom. The van der Waals surface area contributed by atoms with Crippen LogP contribution in [0.25, 0.3) is 0 Å². The summed E-state index contributed by atoms with van der Waals surface area (Å²) in [5, 5.41) is 3.45. The van der Waals surface area contributed by atoms with Crippen molar-refractivity contribution in [1.29, 1.82) is 0 Å². The molecule has 0 aromatic carbocycles. The van der Waals surface area contributed by atoms with Gasteiger partial charge in [0.1, 0.15) is 5.76 Å². The van der Waals surface area contributed by atoms with Crippen molar-refractivity contribution in [2.45, 2.75) is 46.4 Å². The summed E-state index contributed by atoms with van der Waals surface area (Å²) in [4.78, 5) is 2.43. The first-order valence-corrected chi connectivity index (χ1v) is 8.10. The maximum Gasteiger partial charge on any atom is 0.118 e. The van der Waals surface area contributed by atoms with Crippen molar-refractivity contribution in [3.63, 3.8) is 0 Å². The van der Waals surface area contributed by atoms with Gasteiger partial charge >= 0.3 is 0 Å². The lowest BCUT2D eigenvalue weighted by Gasteiger charge is -2.35. The number of nitrogens with one attached hydrogen (secondary N) is 1. The van der Waals surface area contributed by atoms with E-state index >= 15 is 0 Å². The highest BCUT2D eigenvalue weighted by atomic mass is 16.5. The fourth-order valence-electron chi connectivity index (χ4n) is 2.88. The van der Waals surface area contributed by atoms with E-state index in [0.717, 1.165) is 38.5 Å². The van der Waals surface area contributed by atoms with E-state index < -0.39 is 0 Å². The molecule has 0 saturated carbocycles. The Morgan fingerprint density at radius 1 is 1.48 bits per heavy atom. The number of furan rings is 1. The molecule has 1 aliphatic heterocycles. The Bertz CT molecular complexity index is 417. The van der Waals surface area contributed by atoms with Crippen LogP contribution in [0, 0.1) is 11.8 Å². The van der Waals surface area contributed by atoms with Crippen LogP contribution in [0.2, 0.25) is 0 Å². The molecule has 0 spiro atoms. The molecule has 1 aromatic heterocycles. The third kappa shape index (κ3) is 5.13. The molecule has 21 heavy (non-hydrogen) atoms. The van der Waals surface area contributed by atoms with E-state index in [-0.39, 0.29) is 0 Å². The van der Waals surface area contributed by atoms with Gasteiger partial charge in [0, 0.05) is 25.8 Å². The molecule has 1 N–H and O–H groups in total. The van der Waals surface area contributed by atoms with Crippen molar-refractivity contribution in [3.8, 4) is 0 Å². The number of piperidine rings is 1. The molecular formula is C17H30N2O2. The van der Waals surface area contributed by atoms with Crippen LogP contribution in [0.5, 0.6) is 0 Å². The van der Waals surface area contributed by atoms with Crippen molar-refractivity contribution in [2.75, 3.05) is 26.7 Å². The van der Waals surface area contributed by atoms with Gasteiger partial charge in [0.2, 0.25) is 0 Å². The van der Waals surface area contributed by atoms with Gasteiger partial charge in [-0.2, -0.15) is 0 Å². The highest BCUT2D eigenvalue weighted by Gasteiger charge is 2.26. The average Bonchev–Trinajstić information content (AvgIpc) is 2.88. The van der Waals surface area contributed by atoms with Crippen LogP contribution >= 0.6 is 0 Å². The van der Waals surface area contributed by atoms with Gasteiger partial charge in [0.25, 0.3) is 0 Å². The van der Waals surface area contributed by atoms with Gasteiger partial charge in [-0.05, 0) is 37.4 Å². The second-order valence-electron chi connectivity index (χ2n) is 6.72. The van der Waals surface area contributed by atoms with E-state index in [1.54, 1.807) is 0 Å². The lowest BCUT2D eigenvalue weighted by Crippen LogP contribution is -2.43. The molecule has 4 nitrogen and oxygen atoms in total. The lowest BCUT2D eigenvalue weighted by atomic mass is 9.96. The van der Waals surface area contributed by atoms with Gasteiger partial charge in [-0.25, -0.2) is 0 Å². The maximum absolute atomic E-state index is 5.70. The first kappa shape index (κ1) is 16.5. The molecule has 2 atom stereocenters. The SMILES string of the molecule is COC1CN(Cc2cc(CNCC(C)C)co2)CCC1C. The number of methoxy groups -OCH3 is 1. The molecule has 0 bridgehead atoms. The van der Waals surface area contributed by atoms with Crippen molar-refractivity contribution >= 4 is 0 Å². The van der Waals surface area contributed by atoms with Crippen LogP contribution in [0.1, 0.15) is 38.5 Å². The molecule has 2 heterocycles. The largest absolute Gasteiger partial charge is 0.468 e. The molecule has 0 aliphatic carbocycles. The van der Waals surface area contributed by atoms with E-state index in [1.165, 1.54) is 12.0 Å². The summed E-state index contributed by atoms with van der Waals surface area (Å²) in [5.74, 6) is 2.39. The highest BCUT2D eigenvalue weighted by Crippen LogP contribution is 2.21. The molecule has 1 fully saturated rings. The summed E-state index contributed by atoms with van der Waals surface area (Å²) in [6, 6.07) is 2.17. The summed E-state index contributed by atoms with van der Waals surface area (Å²) < 4.78 is 11.3. The Morgan fingerprint density at radius 3 is 3.00 bits per heavy atom. The fourth-order valence-corrected chi connectivity index (χ4v) is 2.88. The van der Waals surface area contributed by atoms with E-state index in [4.69, 9.17) is 9.15 Å². The van der Waals surface area contributed by atoms with Crippen LogP contribution in [-0.4, -0.2) is 37.7 Å². The lowest BCUT2D eigenvalue weighted by molar-refractivity contribution is -0.00916. The number of ether oxygens (including phenoxy) is 1. The van der Waals surface area contributed by atoms with Crippen molar-refractivity contribution in [1.82, 2.24) is 10.2 Å². The molecule has 0 amide bonds. The van der Waals surface area contributed by atoms with E-state index in [2.05, 4.69) is 37.1 Å². The van der Waals surface area contributed by atoms with Crippen molar-refractivity contribution in [2.24, 2.45) is 11.8 Å². The smallest absolute Gasteiger partial charge is 0.118 e. The zero-order valence-electron chi connectivity index (χ0n) is 13.9. The minimum atomic E-state index is 0.348. The predicted molar refractivity (Wildman–Crippen MR) is 85.1 cm³/mol. The molecule has 120 valence electrons. The van der Waals surface area contributed by atoms with Crippen LogP contribution in [0.15, 0.2) is 16.7 Å². The average molecular weight is 294 g/mol. The minimum absolute atomic E-state index is 0.348. The van der Waals surface area contributed by atoms with E-state index in [1.807, 2.05) is 13.4 Å². The number of nitrogens with zero attached hydrogens (tertiary/aromatic N) is 1. The quantitative estimate of drug-likeness (QED) is 0.839. The summed E-state index contributed by atoms with van der Waals surface area (Å²) in [6.07, 6.45) is 3.42. The first-order chi connectivity index (χ1) is 10.1. The fraction of sp³-hybridized carbons (Fsp3) is 0.765. The van der Waals surface area contributed by atoms with E-state index in [9.17, 15) is 0 Å². The summed E-state index contributed by atoms with van der Waals surface area (Å²) in [6.45, 7) is 11.7. The summed E-state index contributed by atoms with van der Waals surface area (Å²) >= 11 is 0. The Hall–Kier alpha value is -0.840. The topological polar surface area (TPSA) is 37.6 Å². The third-order valence-corrected chi connectivity index (χ3v) is 4.25. The van der Waals surface area contributed by atoms with Gasteiger partial charge in [-0.15, -0.1) is 0 Å². The molecule has 2 rings (SSSR count). The van der Waals surface area contributed by atoms with Gasteiger partial charge in [0.15, 0.2) is 0 Å². The molecule has 1 saturated heterocycles. The standard InChI is InChI=1S/C17H30N2O2/c1-13(2)8-18-9-15-7-16(21-12-15)10-19-6-5-14(3)17(11-19)20-4/h7,12-14,17-18H,5-6,8-11H2,1-4H3. The molecular weight excluding hydrogens is 264 g/mol. The second kappa shape index (κ2) is 7.97. The van der Waals surface area contributed by atoms with Crippen LogP contribution in [-0.2, 0) is 17.8 Å². The molecule has 1 aliphatic rings. The number of hydrogen-bond donors (Lipinski definition) is 1. The van der Waals surface area contributed by atoms with Gasteiger partial charge in [-0.3, -0.25) is 4.90 Å². The third-order valence-electron chi connectivity index (χ3n) is 4.25. The molecule has 1 aromatic rings. The minimum Gasteiger partial charge on any atom is -0.468 e. The highest BCUT2D eigenvalue weighted by molar-refractivity contribution is 5.12. The Balaban J connectivity index is 1.79. The molecule has 2 unspecified atom stereocenters. The Kier molecular flexibility index (Phi) is 6.27.